The highest BCUT2D eigenvalue weighted by atomic mass is 16.5. The zero-order valence-electron chi connectivity index (χ0n) is 8.23. The molecule has 1 rings (SSSR count). The number of anilines is 1. The number of rotatable bonds is 6. The van der Waals surface area contributed by atoms with Crippen LogP contribution in [0.4, 0.5) is 5.95 Å². The molecule has 0 unspecified atom stereocenters. The molecule has 1 heterocycles. The van der Waals surface area contributed by atoms with Crippen LogP contribution in [0.25, 0.3) is 0 Å². The van der Waals surface area contributed by atoms with Crippen molar-refractivity contribution in [1.82, 2.24) is 9.72 Å². The Morgan fingerprint density at radius 1 is 1.57 bits per heavy atom. The molecule has 14 heavy (non-hydrogen) atoms. The van der Waals surface area contributed by atoms with Gasteiger partial charge in [-0.15, -0.1) is 0 Å². The highest BCUT2D eigenvalue weighted by molar-refractivity contribution is 5.11. The smallest absolute Gasteiger partial charge is 0.382 e. The van der Waals surface area contributed by atoms with E-state index in [1.54, 1.807) is 0 Å². The van der Waals surface area contributed by atoms with Crippen molar-refractivity contribution in [2.75, 3.05) is 18.9 Å². The number of nitrogens with two attached hydrogens (primary N) is 1. The Balaban J connectivity index is 2.28. The van der Waals surface area contributed by atoms with Gasteiger partial charge >= 0.3 is 5.76 Å². The van der Waals surface area contributed by atoms with Crippen molar-refractivity contribution in [3.63, 3.8) is 0 Å². The van der Waals surface area contributed by atoms with Crippen LogP contribution in [0.1, 0.15) is 19.8 Å². The topological polar surface area (TPSA) is 83.3 Å². The van der Waals surface area contributed by atoms with E-state index in [4.69, 9.17) is 10.5 Å². The summed E-state index contributed by atoms with van der Waals surface area (Å²) in [7, 11) is 0. The highest BCUT2D eigenvalue weighted by Crippen LogP contribution is 1.98. The first-order valence-corrected chi connectivity index (χ1v) is 4.65. The molecule has 0 radical (unpaired) electrons. The van der Waals surface area contributed by atoms with Crippen LogP contribution in [0.2, 0.25) is 0 Å². The molecular weight excluding hydrogens is 186 g/mol. The summed E-state index contributed by atoms with van der Waals surface area (Å²) in [5.41, 5.74) is 5.41. The van der Waals surface area contributed by atoms with Crippen molar-refractivity contribution >= 4 is 5.95 Å². The zero-order valence-corrected chi connectivity index (χ0v) is 8.23. The van der Waals surface area contributed by atoms with E-state index in [2.05, 4.69) is 9.68 Å². The molecule has 0 aliphatic heterocycles. The third-order valence-electron chi connectivity index (χ3n) is 1.84. The van der Waals surface area contributed by atoms with Gasteiger partial charge in [0.15, 0.2) is 0 Å². The van der Waals surface area contributed by atoms with Crippen molar-refractivity contribution in [3.8, 4) is 0 Å². The summed E-state index contributed by atoms with van der Waals surface area (Å²) < 4.78 is 10.8. The van der Waals surface area contributed by atoms with Gasteiger partial charge in [-0.3, -0.25) is 4.52 Å². The molecule has 0 amide bonds. The molecule has 0 spiro atoms. The lowest BCUT2D eigenvalue weighted by Crippen LogP contribution is -2.16. The molecular formula is C8H15N3O3. The van der Waals surface area contributed by atoms with E-state index in [9.17, 15) is 4.79 Å². The number of hydrogen-bond acceptors (Lipinski definition) is 5. The fourth-order valence-electron chi connectivity index (χ4n) is 1.10. The number of unbranched alkanes of at least 4 members (excludes halogenated alkanes) is 1. The lowest BCUT2D eigenvalue weighted by molar-refractivity contribution is 0.142. The second kappa shape index (κ2) is 5.43. The van der Waals surface area contributed by atoms with Gasteiger partial charge in [0.1, 0.15) is 0 Å². The van der Waals surface area contributed by atoms with Crippen LogP contribution in [0.5, 0.6) is 0 Å². The van der Waals surface area contributed by atoms with Crippen LogP contribution < -0.4 is 11.5 Å². The van der Waals surface area contributed by atoms with Crippen LogP contribution >= 0.6 is 0 Å². The van der Waals surface area contributed by atoms with Crippen LogP contribution in [0.3, 0.4) is 0 Å². The van der Waals surface area contributed by atoms with Gasteiger partial charge in [0.05, 0.1) is 0 Å². The fourth-order valence-corrected chi connectivity index (χ4v) is 1.10. The molecule has 80 valence electrons. The van der Waals surface area contributed by atoms with E-state index < -0.39 is 5.76 Å². The fraction of sp³-hybridized carbons (Fsp3) is 0.750. The summed E-state index contributed by atoms with van der Waals surface area (Å²) in [4.78, 5) is 11.0. The Bertz CT molecular complexity index is 318. The molecule has 6 nitrogen and oxygen atoms in total. The van der Waals surface area contributed by atoms with Crippen LogP contribution in [0.15, 0.2) is 9.32 Å². The van der Waals surface area contributed by atoms with E-state index >= 15 is 0 Å². The number of hydrogen-bond donors (Lipinski definition) is 1. The number of nitrogens with zero attached hydrogens (tertiary/aromatic N) is 2. The molecule has 0 saturated carbocycles. The Morgan fingerprint density at radius 3 is 2.93 bits per heavy atom. The van der Waals surface area contributed by atoms with Gasteiger partial charge in [0.2, 0.25) is 5.95 Å². The molecule has 1 aromatic heterocycles. The molecule has 6 heteroatoms. The van der Waals surface area contributed by atoms with Crippen LogP contribution in [0, 0.1) is 0 Å². The molecule has 0 atom stereocenters. The Labute approximate surface area is 81.6 Å². The van der Waals surface area contributed by atoms with Gasteiger partial charge in [-0.25, -0.2) is 9.36 Å². The number of ether oxygens (including phenoxy) is 1. The summed E-state index contributed by atoms with van der Waals surface area (Å²) >= 11 is 0. The maximum absolute atomic E-state index is 11.0. The van der Waals surface area contributed by atoms with E-state index in [-0.39, 0.29) is 5.95 Å². The van der Waals surface area contributed by atoms with Gasteiger partial charge in [0, 0.05) is 19.8 Å². The third kappa shape index (κ3) is 2.88. The van der Waals surface area contributed by atoms with Gasteiger partial charge in [-0.05, 0) is 24.9 Å². The van der Waals surface area contributed by atoms with Gasteiger partial charge in [-0.1, -0.05) is 0 Å². The van der Waals surface area contributed by atoms with Crippen molar-refractivity contribution < 1.29 is 9.26 Å². The molecule has 0 aliphatic carbocycles. The normalized spacial score (nSPS) is 10.6. The van der Waals surface area contributed by atoms with E-state index in [1.165, 1.54) is 4.57 Å². The number of aromatic nitrogens is 2. The number of nitrogen functional groups attached to an aromatic ring is 1. The first-order valence-electron chi connectivity index (χ1n) is 4.65. The monoisotopic (exact) mass is 201 g/mol. The molecule has 0 fully saturated rings. The Hall–Kier alpha value is -1.30. The Morgan fingerprint density at radius 2 is 2.36 bits per heavy atom. The lowest BCUT2D eigenvalue weighted by atomic mass is 10.3. The molecule has 1 aromatic rings. The minimum Gasteiger partial charge on any atom is -0.382 e. The minimum atomic E-state index is -0.501. The second-order valence-electron chi connectivity index (χ2n) is 2.86. The molecule has 0 aliphatic rings. The lowest BCUT2D eigenvalue weighted by Gasteiger charge is -2.01. The van der Waals surface area contributed by atoms with Gasteiger partial charge < -0.3 is 10.5 Å². The summed E-state index contributed by atoms with van der Waals surface area (Å²) in [6, 6.07) is 0. The molecule has 0 aromatic carbocycles. The summed E-state index contributed by atoms with van der Waals surface area (Å²) in [5, 5.41) is 3.35. The van der Waals surface area contributed by atoms with E-state index in [0.717, 1.165) is 19.4 Å². The zero-order chi connectivity index (χ0) is 10.4. The van der Waals surface area contributed by atoms with Gasteiger partial charge in [0.25, 0.3) is 0 Å². The SMILES string of the molecule is CCOCCCCn1c(N)noc1=O. The quantitative estimate of drug-likeness (QED) is 0.666. The van der Waals surface area contributed by atoms with E-state index in [0.29, 0.717) is 13.2 Å². The van der Waals surface area contributed by atoms with Crippen LogP contribution in [-0.2, 0) is 11.3 Å². The third-order valence-corrected chi connectivity index (χ3v) is 1.84. The van der Waals surface area contributed by atoms with Crippen LogP contribution in [-0.4, -0.2) is 22.9 Å². The maximum Gasteiger partial charge on any atom is 0.443 e. The average molecular weight is 201 g/mol. The van der Waals surface area contributed by atoms with Crippen molar-refractivity contribution in [2.45, 2.75) is 26.3 Å². The minimum absolute atomic E-state index is 0.131. The predicted octanol–water partition coefficient (Wildman–Crippen LogP) is 0.235. The molecule has 0 saturated heterocycles. The van der Waals surface area contributed by atoms with Gasteiger partial charge in [-0.2, -0.15) is 0 Å². The standard InChI is InChI=1S/C8H15N3O3/c1-2-13-6-4-3-5-11-7(9)10-14-8(11)12/h2-6H2,1H3,(H2,9,10). The summed E-state index contributed by atoms with van der Waals surface area (Å²) in [6.07, 6.45) is 1.72. The molecule has 0 bridgehead atoms. The highest BCUT2D eigenvalue weighted by Gasteiger charge is 2.05. The Kier molecular flexibility index (Phi) is 4.18. The van der Waals surface area contributed by atoms with E-state index in [1.807, 2.05) is 6.92 Å². The predicted molar refractivity (Wildman–Crippen MR) is 50.9 cm³/mol. The van der Waals surface area contributed by atoms with Crippen molar-refractivity contribution in [3.05, 3.63) is 10.6 Å². The summed E-state index contributed by atoms with van der Waals surface area (Å²) in [5.74, 6) is -0.370. The molecule has 2 N–H and O–H groups in total. The first kappa shape index (κ1) is 10.8. The maximum atomic E-state index is 11.0. The largest absolute Gasteiger partial charge is 0.443 e. The second-order valence-corrected chi connectivity index (χ2v) is 2.86. The summed E-state index contributed by atoms with van der Waals surface area (Å²) in [6.45, 7) is 3.90. The first-order chi connectivity index (χ1) is 6.75. The van der Waals surface area contributed by atoms with Crippen molar-refractivity contribution in [1.29, 1.82) is 0 Å². The average Bonchev–Trinajstić information content (AvgIpc) is 2.48. The van der Waals surface area contributed by atoms with Crippen molar-refractivity contribution in [2.24, 2.45) is 0 Å².